The highest BCUT2D eigenvalue weighted by Crippen LogP contribution is 2.24. The largest absolute Gasteiger partial charge is 0.369 e. The third-order valence-electron chi connectivity index (χ3n) is 6.43. The van der Waals surface area contributed by atoms with Crippen LogP contribution in [-0.2, 0) is 4.79 Å². The van der Waals surface area contributed by atoms with E-state index in [1.165, 1.54) is 5.69 Å². The first kappa shape index (κ1) is 24.6. The Kier molecular flexibility index (Phi) is 7.94. The van der Waals surface area contributed by atoms with Gasteiger partial charge in [-0.2, -0.15) is 0 Å². The summed E-state index contributed by atoms with van der Waals surface area (Å²) < 4.78 is 0. The van der Waals surface area contributed by atoms with Crippen molar-refractivity contribution >= 4 is 28.9 Å². The standard InChI is InChI=1S/C27H35N7O/c1-4-33-15-17-34(18-16-33)23-11-9-22(10-12-23)31-27-29-14-13-24(32-27)20-5-7-21(8-6-20)30-26(35)25(28)19(2)3/h5-14,19,25H,4,15-18,28H2,1-3H3,(H,30,35)(H,29,31,32)/t25-/m0/s1. The van der Waals surface area contributed by atoms with Crippen LogP contribution < -0.4 is 21.3 Å². The van der Waals surface area contributed by atoms with E-state index in [4.69, 9.17) is 5.73 Å². The molecule has 1 saturated heterocycles. The topological polar surface area (TPSA) is 99.4 Å². The number of carbonyl (C=O) groups is 1. The van der Waals surface area contributed by atoms with Crippen molar-refractivity contribution in [2.24, 2.45) is 11.7 Å². The molecule has 1 aliphatic heterocycles. The molecule has 8 nitrogen and oxygen atoms in total. The zero-order chi connectivity index (χ0) is 24.8. The van der Waals surface area contributed by atoms with Gasteiger partial charge in [0.1, 0.15) is 0 Å². The molecule has 1 amide bonds. The van der Waals surface area contributed by atoms with Gasteiger partial charge in [0.2, 0.25) is 11.9 Å². The van der Waals surface area contributed by atoms with E-state index in [1.807, 2.05) is 44.2 Å². The summed E-state index contributed by atoms with van der Waals surface area (Å²) >= 11 is 0. The van der Waals surface area contributed by atoms with Crippen molar-refractivity contribution < 1.29 is 4.79 Å². The van der Waals surface area contributed by atoms with Crippen molar-refractivity contribution in [2.45, 2.75) is 26.8 Å². The number of hydrogen-bond acceptors (Lipinski definition) is 7. The molecule has 3 aromatic rings. The molecule has 4 N–H and O–H groups in total. The van der Waals surface area contributed by atoms with Gasteiger partial charge in [-0.1, -0.05) is 32.9 Å². The van der Waals surface area contributed by atoms with Crippen LogP contribution in [0.5, 0.6) is 0 Å². The number of nitrogens with zero attached hydrogens (tertiary/aromatic N) is 4. The molecule has 2 heterocycles. The predicted octanol–water partition coefficient (Wildman–Crippen LogP) is 3.95. The maximum absolute atomic E-state index is 12.2. The highest BCUT2D eigenvalue weighted by molar-refractivity contribution is 5.95. The van der Waals surface area contributed by atoms with E-state index < -0.39 is 6.04 Å². The first-order chi connectivity index (χ1) is 16.9. The van der Waals surface area contributed by atoms with E-state index in [1.54, 1.807) is 6.20 Å². The maximum atomic E-state index is 12.2. The molecule has 184 valence electrons. The number of hydrogen-bond donors (Lipinski definition) is 3. The molecule has 0 unspecified atom stereocenters. The SMILES string of the molecule is CCN1CCN(c2ccc(Nc3nccc(-c4ccc(NC(=O)[C@@H](N)C(C)C)cc4)n3)cc2)CC1. The lowest BCUT2D eigenvalue weighted by atomic mass is 10.0. The van der Waals surface area contributed by atoms with Crippen LogP contribution in [0.25, 0.3) is 11.3 Å². The van der Waals surface area contributed by atoms with Crippen LogP contribution in [0.3, 0.4) is 0 Å². The minimum atomic E-state index is -0.537. The zero-order valence-corrected chi connectivity index (χ0v) is 20.7. The van der Waals surface area contributed by atoms with Gasteiger partial charge < -0.3 is 26.2 Å². The average molecular weight is 474 g/mol. The maximum Gasteiger partial charge on any atom is 0.241 e. The van der Waals surface area contributed by atoms with Crippen LogP contribution in [0.2, 0.25) is 0 Å². The smallest absolute Gasteiger partial charge is 0.241 e. The number of amides is 1. The minimum absolute atomic E-state index is 0.0777. The van der Waals surface area contributed by atoms with Crippen molar-refractivity contribution in [2.75, 3.05) is 48.3 Å². The molecule has 1 aromatic heterocycles. The number of likely N-dealkylation sites (N-methyl/N-ethyl adjacent to an activating group) is 1. The molecule has 0 radical (unpaired) electrons. The Morgan fingerprint density at radius 1 is 0.971 bits per heavy atom. The molecule has 8 heteroatoms. The van der Waals surface area contributed by atoms with Gasteiger partial charge in [0.05, 0.1) is 11.7 Å². The summed E-state index contributed by atoms with van der Waals surface area (Å²) in [5.74, 6) is 0.427. The molecule has 4 rings (SSSR count). The Labute approximate surface area is 207 Å². The van der Waals surface area contributed by atoms with Gasteiger partial charge in [-0.05, 0) is 54.9 Å². The quantitative estimate of drug-likeness (QED) is 0.455. The Morgan fingerprint density at radius 3 is 2.26 bits per heavy atom. The van der Waals surface area contributed by atoms with Gasteiger partial charge in [0.15, 0.2) is 0 Å². The van der Waals surface area contributed by atoms with Gasteiger partial charge in [-0.25, -0.2) is 9.97 Å². The fourth-order valence-electron chi connectivity index (χ4n) is 4.04. The summed E-state index contributed by atoms with van der Waals surface area (Å²) in [7, 11) is 0. The number of nitrogens with one attached hydrogen (secondary N) is 2. The van der Waals surface area contributed by atoms with Crippen molar-refractivity contribution in [3.05, 3.63) is 60.8 Å². The summed E-state index contributed by atoms with van der Waals surface area (Å²) in [5.41, 5.74) is 10.5. The molecule has 0 spiro atoms. The highest BCUT2D eigenvalue weighted by atomic mass is 16.2. The number of carbonyl (C=O) groups excluding carboxylic acids is 1. The van der Waals surface area contributed by atoms with E-state index in [9.17, 15) is 4.79 Å². The lowest BCUT2D eigenvalue weighted by molar-refractivity contribution is -0.118. The lowest BCUT2D eigenvalue weighted by Crippen LogP contribution is -2.46. The molecule has 2 aromatic carbocycles. The zero-order valence-electron chi connectivity index (χ0n) is 20.7. The lowest BCUT2D eigenvalue weighted by Gasteiger charge is -2.35. The molecule has 0 aliphatic carbocycles. The third kappa shape index (κ3) is 6.35. The number of aromatic nitrogens is 2. The average Bonchev–Trinajstić information content (AvgIpc) is 2.89. The fraction of sp³-hybridized carbons (Fsp3) is 0.370. The third-order valence-corrected chi connectivity index (χ3v) is 6.43. The van der Waals surface area contributed by atoms with Gasteiger partial charge in [-0.15, -0.1) is 0 Å². The Hall–Kier alpha value is -3.49. The predicted molar refractivity (Wildman–Crippen MR) is 143 cm³/mol. The van der Waals surface area contributed by atoms with Crippen molar-refractivity contribution in [3.8, 4) is 11.3 Å². The van der Waals surface area contributed by atoms with Crippen LogP contribution in [0.4, 0.5) is 23.0 Å². The highest BCUT2D eigenvalue weighted by Gasteiger charge is 2.17. The summed E-state index contributed by atoms with van der Waals surface area (Å²) in [5, 5.41) is 6.17. The summed E-state index contributed by atoms with van der Waals surface area (Å²) in [6.07, 6.45) is 1.74. The second-order valence-electron chi connectivity index (χ2n) is 9.20. The first-order valence-corrected chi connectivity index (χ1v) is 12.3. The molecule has 1 atom stereocenters. The number of nitrogens with two attached hydrogens (primary N) is 1. The number of anilines is 4. The van der Waals surface area contributed by atoms with E-state index in [0.717, 1.165) is 49.7 Å². The van der Waals surface area contributed by atoms with Crippen LogP contribution >= 0.6 is 0 Å². The van der Waals surface area contributed by atoms with Crippen LogP contribution in [0, 0.1) is 5.92 Å². The van der Waals surface area contributed by atoms with Gasteiger partial charge in [-0.3, -0.25) is 4.79 Å². The second kappa shape index (κ2) is 11.3. The van der Waals surface area contributed by atoms with Gasteiger partial charge >= 0.3 is 0 Å². The van der Waals surface area contributed by atoms with E-state index in [2.05, 4.69) is 61.6 Å². The number of piperazine rings is 1. The van der Waals surface area contributed by atoms with Crippen LogP contribution in [-0.4, -0.2) is 59.5 Å². The van der Waals surface area contributed by atoms with E-state index in [0.29, 0.717) is 11.6 Å². The van der Waals surface area contributed by atoms with Crippen molar-refractivity contribution in [3.63, 3.8) is 0 Å². The minimum Gasteiger partial charge on any atom is -0.369 e. The molecule has 0 saturated carbocycles. The summed E-state index contributed by atoms with van der Waals surface area (Å²) in [6.45, 7) is 11.5. The van der Waals surface area contributed by atoms with E-state index >= 15 is 0 Å². The van der Waals surface area contributed by atoms with Crippen molar-refractivity contribution in [1.29, 1.82) is 0 Å². The molecular formula is C27H35N7O. The number of benzene rings is 2. The molecule has 35 heavy (non-hydrogen) atoms. The van der Waals surface area contributed by atoms with Gasteiger partial charge in [0.25, 0.3) is 0 Å². The van der Waals surface area contributed by atoms with E-state index in [-0.39, 0.29) is 11.8 Å². The number of rotatable bonds is 8. The Balaban J connectivity index is 1.38. The molecule has 1 fully saturated rings. The summed E-state index contributed by atoms with van der Waals surface area (Å²) in [6, 6.07) is 17.3. The monoisotopic (exact) mass is 473 g/mol. The second-order valence-corrected chi connectivity index (χ2v) is 9.20. The normalized spacial score (nSPS) is 15.2. The van der Waals surface area contributed by atoms with Crippen LogP contribution in [0.1, 0.15) is 20.8 Å². The molecule has 0 bridgehead atoms. The fourth-order valence-corrected chi connectivity index (χ4v) is 4.04. The van der Waals surface area contributed by atoms with Crippen LogP contribution in [0.15, 0.2) is 60.8 Å². The van der Waals surface area contributed by atoms with Crippen molar-refractivity contribution in [1.82, 2.24) is 14.9 Å². The Bertz CT molecular complexity index is 1110. The molecular weight excluding hydrogens is 438 g/mol. The summed E-state index contributed by atoms with van der Waals surface area (Å²) in [4.78, 5) is 26.1. The first-order valence-electron chi connectivity index (χ1n) is 12.3. The van der Waals surface area contributed by atoms with Gasteiger partial charge in [0, 0.05) is 55.0 Å². The Morgan fingerprint density at radius 2 is 1.63 bits per heavy atom. The molecule has 1 aliphatic rings.